The van der Waals surface area contributed by atoms with Gasteiger partial charge in [0.2, 0.25) is 0 Å². The highest BCUT2D eigenvalue weighted by Crippen LogP contribution is 2.35. The predicted molar refractivity (Wildman–Crippen MR) is 124 cm³/mol. The van der Waals surface area contributed by atoms with Crippen LogP contribution < -0.4 is 0 Å². The number of carbonyl (C=O) groups is 1. The molecule has 3 rings (SSSR count). The molecule has 0 N–H and O–H groups in total. The lowest BCUT2D eigenvalue weighted by atomic mass is 9.99. The molecule has 1 saturated carbocycles. The third-order valence-corrected chi connectivity index (χ3v) is 5.07. The maximum Gasteiger partial charge on any atom is 0.416 e. The van der Waals surface area contributed by atoms with E-state index in [0.717, 1.165) is 30.5 Å². The normalized spacial score (nSPS) is 14.2. The van der Waals surface area contributed by atoms with Gasteiger partial charge in [-0.1, -0.05) is 40.6 Å². The predicted octanol–water partition coefficient (Wildman–Crippen LogP) is 5.55. The largest absolute Gasteiger partial charge is 0.416 e. The summed E-state index contributed by atoms with van der Waals surface area (Å²) >= 11 is 0. The third kappa shape index (κ3) is 7.98. The minimum absolute atomic E-state index is 0.0334. The molecule has 34 heavy (non-hydrogen) atoms. The maximum atomic E-state index is 13.1. The summed E-state index contributed by atoms with van der Waals surface area (Å²) in [7, 11) is 4.60. The Balaban J connectivity index is 0.00000129. The van der Waals surface area contributed by atoms with Crippen molar-refractivity contribution in [2.24, 2.45) is 16.2 Å². The van der Waals surface area contributed by atoms with Crippen molar-refractivity contribution in [1.82, 2.24) is 0 Å². The molecule has 0 saturated heterocycles. The number of aldehydes is 1. The third-order valence-electron chi connectivity index (χ3n) is 5.07. The van der Waals surface area contributed by atoms with Gasteiger partial charge in [0.15, 0.2) is 6.29 Å². The number of ether oxygens (including phenoxy) is 1. The van der Waals surface area contributed by atoms with Gasteiger partial charge in [0.05, 0.1) is 11.3 Å². The molecule has 1 aliphatic carbocycles. The number of rotatable bonds is 9. The first kappa shape index (κ1) is 27.0. The fourth-order valence-electron chi connectivity index (χ4n) is 3.22. The Morgan fingerprint density at radius 3 is 2.35 bits per heavy atom. The highest BCUT2D eigenvalue weighted by atomic mass is 19.4. The average Bonchev–Trinajstić information content (AvgIpc) is 3.62. The van der Waals surface area contributed by atoms with E-state index in [9.17, 15) is 18.0 Å². The number of aryl methyl sites for hydroxylation is 1. The zero-order valence-electron chi connectivity index (χ0n) is 19.7. The molecule has 1 aliphatic rings. The van der Waals surface area contributed by atoms with Gasteiger partial charge < -0.3 is 14.4 Å². The lowest BCUT2D eigenvalue weighted by Crippen LogP contribution is -2.11. The standard InChI is InChI=1S/C23H23F3N2O3.C2H6O/c1-15-5-3-8-19(22(13-29)27-30-2)20(15)14-31-28-21(11-16-9-10-16)17-6-4-7-18(12-17)23(24,25)26;1-3-2/h3-8,12-13,16H,9-11,14H2,1-2H3;1-2H3/b27-22-,28-21+;. The second-order valence-electron chi connectivity index (χ2n) is 7.82. The molecule has 2 aromatic carbocycles. The van der Waals surface area contributed by atoms with Crippen LogP contribution in [0.3, 0.4) is 0 Å². The molecule has 0 aromatic heterocycles. The van der Waals surface area contributed by atoms with Gasteiger partial charge in [0, 0.05) is 25.3 Å². The SMILES string of the molecule is CO/N=C(/C=O)c1cccc(C)c1CO/N=C(\CC1CC1)c1cccc(C(F)(F)F)c1.COC. The summed E-state index contributed by atoms with van der Waals surface area (Å²) in [6.45, 7) is 1.89. The molecule has 184 valence electrons. The number of halogens is 3. The molecule has 0 spiro atoms. The summed E-state index contributed by atoms with van der Waals surface area (Å²) in [5.74, 6) is 0.404. The minimum Gasteiger partial charge on any atom is -0.399 e. The Morgan fingerprint density at radius 1 is 1.09 bits per heavy atom. The van der Waals surface area contributed by atoms with Crippen LogP contribution in [0.4, 0.5) is 13.2 Å². The summed E-state index contributed by atoms with van der Waals surface area (Å²) in [6, 6.07) is 10.5. The molecule has 0 aliphatic heterocycles. The molecule has 1 fully saturated rings. The Bertz CT molecular complexity index is 1020. The van der Waals surface area contributed by atoms with E-state index in [1.165, 1.54) is 13.2 Å². The minimum atomic E-state index is -4.43. The van der Waals surface area contributed by atoms with Gasteiger partial charge in [-0.25, -0.2) is 0 Å². The second kappa shape index (κ2) is 12.9. The van der Waals surface area contributed by atoms with Crippen LogP contribution in [0.25, 0.3) is 0 Å². The van der Waals surface area contributed by atoms with Crippen molar-refractivity contribution in [1.29, 1.82) is 0 Å². The first-order valence-electron chi connectivity index (χ1n) is 10.7. The van der Waals surface area contributed by atoms with Crippen molar-refractivity contribution >= 4 is 17.7 Å². The molecule has 0 radical (unpaired) electrons. The number of nitrogens with zero attached hydrogens (tertiary/aromatic N) is 2. The van der Waals surface area contributed by atoms with Crippen molar-refractivity contribution in [2.75, 3.05) is 21.3 Å². The van der Waals surface area contributed by atoms with Crippen LogP contribution in [0.15, 0.2) is 52.8 Å². The van der Waals surface area contributed by atoms with Gasteiger partial charge in [-0.15, -0.1) is 0 Å². The van der Waals surface area contributed by atoms with E-state index in [1.54, 1.807) is 32.4 Å². The van der Waals surface area contributed by atoms with Gasteiger partial charge in [-0.2, -0.15) is 13.2 Å². The number of carbonyl (C=O) groups excluding carboxylic acids is 1. The zero-order valence-corrected chi connectivity index (χ0v) is 19.7. The number of alkyl halides is 3. The van der Waals surface area contributed by atoms with Crippen molar-refractivity contribution in [3.8, 4) is 0 Å². The molecule has 0 heterocycles. The Labute approximate surface area is 197 Å². The Morgan fingerprint density at radius 2 is 1.76 bits per heavy atom. The molecule has 9 heteroatoms. The summed E-state index contributed by atoms with van der Waals surface area (Å²) in [6.07, 6.45) is -1.24. The summed E-state index contributed by atoms with van der Waals surface area (Å²) < 4.78 is 43.6. The maximum absolute atomic E-state index is 13.1. The van der Waals surface area contributed by atoms with Gasteiger partial charge >= 0.3 is 6.18 Å². The van der Waals surface area contributed by atoms with E-state index in [4.69, 9.17) is 9.68 Å². The second-order valence-corrected chi connectivity index (χ2v) is 7.82. The van der Waals surface area contributed by atoms with Crippen LogP contribution in [0, 0.1) is 12.8 Å². The highest BCUT2D eigenvalue weighted by molar-refractivity contribution is 6.36. The van der Waals surface area contributed by atoms with Crippen molar-refractivity contribution in [2.45, 2.75) is 39.0 Å². The van der Waals surface area contributed by atoms with Crippen molar-refractivity contribution < 1.29 is 32.4 Å². The summed E-state index contributed by atoms with van der Waals surface area (Å²) in [4.78, 5) is 21.7. The lowest BCUT2D eigenvalue weighted by Gasteiger charge is -2.13. The molecular formula is C25H29F3N2O4. The van der Waals surface area contributed by atoms with Crippen LogP contribution in [-0.2, 0) is 32.0 Å². The van der Waals surface area contributed by atoms with Gasteiger partial charge in [0.25, 0.3) is 0 Å². The molecule has 0 unspecified atom stereocenters. The number of benzene rings is 2. The van der Waals surface area contributed by atoms with E-state index in [1.807, 2.05) is 13.0 Å². The molecule has 0 amide bonds. The smallest absolute Gasteiger partial charge is 0.399 e. The molecule has 6 nitrogen and oxygen atoms in total. The van der Waals surface area contributed by atoms with Gasteiger partial charge in [-0.3, -0.25) is 4.79 Å². The zero-order chi connectivity index (χ0) is 25.1. The van der Waals surface area contributed by atoms with Crippen LogP contribution in [0.1, 0.15) is 47.1 Å². The lowest BCUT2D eigenvalue weighted by molar-refractivity contribution is -0.137. The summed E-state index contributed by atoms with van der Waals surface area (Å²) in [5, 5.41) is 7.93. The topological polar surface area (TPSA) is 69.5 Å². The van der Waals surface area contributed by atoms with Crippen LogP contribution in [0.5, 0.6) is 0 Å². The van der Waals surface area contributed by atoms with Crippen LogP contribution >= 0.6 is 0 Å². The molecule has 0 atom stereocenters. The number of hydrogen-bond donors (Lipinski definition) is 0. The van der Waals surface area contributed by atoms with E-state index < -0.39 is 11.7 Å². The molecule has 0 bridgehead atoms. The van der Waals surface area contributed by atoms with Crippen molar-refractivity contribution in [3.63, 3.8) is 0 Å². The number of methoxy groups -OCH3 is 1. The van der Waals surface area contributed by atoms with E-state index >= 15 is 0 Å². The quantitative estimate of drug-likeness (QED) is 0.269. The monoisotopic (exact) mass is 478 g/mol. The highest BCUT2D eigenvalue weighted by Gasteiger charge is 2.31. The fourth-order valence-corrected chi connectivity index (χ4v) is 3.22. The van der Waals surface area contributed by atoms with Gasteiger partial charge in [-0.05, 0) is 55.4 Å². The number of oxime groups is 2. The first-order chi connectivity index (χ1) is 16.2. The Hall–Kier alpha value is -3.20. The van der Waals surface area contributed by atoms with E-state index in [2.05, 4.69) is 15.0 Å². The van der Waals surface area contributed by atoms with Gasteiger partial charge in [0.1, 0.15) is 19.4 Å². The van der Waals surface area contributed by atoms with Crippen LogP contribution in [0.2, 0.25) is 0 Å². The van der Waals surface area contributed by atoms with E-state index in [0.29, 0.717) is 41.0 Å². The van der Waals surface area contributed by atoms with E-state index in [-0.39, 0.29) is 12.3 Å². The van der Waals surface area contributed by atoms with Crippen molar-refractivity contribution in [3.05, 3.63) is 70.3 Å². The molecule has 2 aromatic rings. The van der Waals surface area contributed by atoms with Crippen LogP contribution in [-0.4, -0.2) is 39.0 Å². The molecular weight excluding hydrogens is 449 g/mol. The Kier molecular flexibility index (Phi) is 10.2. The summed E-state index contributed by atoms with van der Waals surface area (Å²) in [5.41, 5.74) is 2.37. The number of hydrogen-bond acceptors (Lipinski definition) is 6. The first-order valence-corrected chi connectivity index (χ1v) is 10.7. The average molecular weight is 479 g/mol. The fraction of sp³-hybridized carbons (Fsp3) is 0.400.